The highest BCUT2D eigenvalue weighted by atomic mass is 16.4. The van der Waals surface area contributed by atoms with Crippen LogP contribution >= 0.6 is 0 Å². The highest BCUT2D eigenvalue weighted by Crippen LogP contribution is 2.38. The molecule has 21 heavy (non-hydrogen) atoms. The van der Waals surface area contributed by atoms with E-state index in [2.05, 4.69) is 24.2 Å². The quantitative estimate of drug-likeness (QED) is 0.497. The van der Waals surface area contributed by atoms with Crippen LogP contribution in [0.4, 0.5) is 0 Å². The molecular formula is C16H27N3O2. The number of nitrogen functional groups attached to an aromatic ring is 1. The van der Waals surface area contributed by atoms with E-state index >= 15 is 0 Å². The number of carbonyl (C=O) groups is 1. The summed E-state index contributed by atoms with van der Waals surface area (Å²) in [4.78, 5) is 14.0. The molecule has 0 aliphatic carbocycles. The molecule has 0 atom stereocenters. The second kappa shape index (κ2) is 6.62. The normalized spacial score (nSPS) is 18.7. The number of amides is 1. The Morgan fingerprint density at radius 2 is 2.00 bits per heavy atom. The van der Waals surface area contributed by atoms with Crippen LogP contribution in [0.5, 0.6) is 0 Å². The largest absolute Gasteiger partial charge is 0.454 e. The maximum Gasteiger partial charge on any atom is 0.301 e. The Kier molecular flexibility index (Phi) is 5.06. The number of rotatable bonds is 5. The summed E-state index contributed by atoms with van der Waals surface area (Å²) < 4.78 is 5.64. The van der Waals surface area contributed by atoms with Gasteiger partial charge in [0.2, 0.25) is 0 Å². The summed E-state index contributed by atoms with van der Waals surface area (Å²) in [7, 11) is 0. The van der Waals surface area contributed by atoms with Gasteiger partial charge < -0.3 is 4.42 Å². The summed E-state index contributed by atoms with van der Waals surface area (Å²) >= 11 is 0. The Balaban J connectivity index is 1.96. The zero-order valence-electron chi connectivity index (χ0n) is 13.4. The Morgan fingerprint density at radius 1 is 1.38 bits per heavy atom. The molecule has 5 nitrogen and oxygen atoms in total. The van der Waals surface area contributed by atoms with Gasteiger partial charge >= 0.3 is 5.91 Å². The number of furan rings is 1. The third-order valence-electron chi connectivity index (χ3n) is 5.10. The molecule has 2 heterocycles. The van der Waals surface area contributed by atoms with Gasteiger partial charge in [-0.2, -0.15) is 0 Å². The van der Waals surface area contributed by atoms with Crippen LogP contribution in [-0.2, 0) is 6.54 Å². The molecule has 1 aliphatic heterocycles. The first-order valence-corrected chi connectivity index (χ1v) is 7.86. The zero-order chi connectivity index (χ0) is 15.5. The van der Waals surface area contributed by atoms with Gasteiger partial charge in [0, 0.05) is 5.56 Å². The first-order chi connectivity index (χ1) is 10.0. The lowest BCUT2D eigenvalue weighted by atomic mass is 9.74. The van der Waals surface area contributed by atoms with Crippen molar-refractivity contribution in [2.24, 2.45) is 11.3 Å². The summed E-state index contributed by atoms with van der Waals surface area (Å²) in [6.45, 7) is 9.42. The van der Waals surface area contributed by atoms with E-state index in [1.54, 1.807) is 0 Å². The molecule has 1 aliphatic rings. The molecule has 0 bridgehead atoms. The summed E-state index contributed by atoms with van der Waals surface area (Å²) in [5.74, 6) is 5.95. The van der Waals surface area contributed by atoms with Crippen molar-refractivity contribution in [3.63, 3.8) is 0 Å². The minimum absolute atomic E-state index is 0.320. The van der Waals surface area contributed by atoms with Gasteiger partial charge in [0.1, 0.15) is 5.76 Å². The fourth-order valence-electron chi connectivity index (χ4n) is 3.28. The van der Waals surface area contributed by atoms with Gasteiger partial charge in [0.25, 0.3) is 0 Å². The lowest BCUT2D eigenvalue weighted by Crippen LogP contribution is -2.39. The van der Waals surface area contributed by atoms with E-state index in [0.717, 1.165) is 31.0 Å². The predicted octanol–water partition coefficient (Wildman–Crippen LogP) is 2.59. The van der Waals surface area contributed by atoms with Gasteiger partial charge in [-0.25, -0.2) is 5.84 Å². The van der Waals surface area contributed by atoms with Crippen LogP contribution < -0.4 is 11.3 Å². The SMILES string of the molecule is CCC1(CC)CCN(Cc2cc(C)c(C(=O)NN)o2)CC1. The molecule has 0 spiro atoms. The molecule has 118 valence electrons. The Labute approximate surface area is 126 Å². The number of hydrazine groups is 1. The van der Waals surface area contributed by atoms with E-state index in [-0.39, 0.29) is 5.91 Å². The summed E-state index contributed by atoms with van der Waals surface area (Å²) in [6.07, 6.45) is 5.02. The molecule has 1 aromatic rings. The number of hydrogen-bond donors (Lipinski definition) is 2. The number of nitrogens with zero attached hydrogens (tertiary/aromatic N) is 1. The van der Waals surface area contributed by atoms with Gasteiger partial charge in [-0.05, 0) is 44.3 Å². The third-order valence-corrected chi connectivity index (χ3v) is 5.10. The van der Waals surface area contributed by atoms with Gasteiger partial charge in [0.15, 0.2) is 5.76 Å². The molecule has 1 fully saturated rings. The first kappa shape index (κ1) is 16.0. The van der Waals surface area contributed by atoms with Crippen LogP contribution in [-0.4, -0.2) is 23.9 Å². The lowest BCUT2D eigenvalue weighted by Gasteiger charge is -2.40. The number of aryl methyl sites for hydroxylation is 1. The zero-order valence-corrected chi connectivity index (χ0v) is 13.4. The minimum Gasteiger partial charge on any atom is -0.454 e. The number of piperidine rings is 1. The molecule has 1 saturated heterocycles. The number of carbonyl (C=O) groups excluding carboxylic acids is 1. The van der Waals surface area contributed by atoms with E-state index in [9.17, 15) is 4.79 Å². The van der Waals surface area contributed by atoms with E-state index < -0.39 is 0 Å². The average molecular weight is 293 g/mol. The van der Waals surface area contributed by atoms with Crippen molar-refractivity contribution in [1.82, 2.24) is 10.3 Å². The fourth-order valence-corrected chi connectivity index (χ4v) is 3.28. The highest BCUT2D eigenvalue weighted by Gasteiger charge is 2.31. The standard InChI is InChI=1S/C16H27N3O2/c1-4-16(5-2)6-8-19(9-7-16)11-13-10-12(3)14(21-13)15(20)18-17/h10H,4-9,11,17H2,1-3H3,(H,18,20). The monoisotopic (exact) mass is 293 g/mol. The molecule has 1 aromatic heterocycles. The van der Waals surface area contributed by atoms with E-state index in [4.69, 9.17) is 10.3 Å². The number of nitrogens with one attached hydrogen (secondary N) is 1. The summed E-state index contributed by atoms with van der Waals surface area (Å²) in [5, 5.41) is 0. The van der Waals surface area contributed by atoms with Crippen molar-refractivity contribution in [1.29, 1.82) is 0 Å². The number of hydrogen-bond acceptors (Lipinski definition) is 4. The van der Waals surface area contributed by atoms with Crippen molar-refractivity contribution in [3.05, 3.63) is 23.2 Å². The molecular weight excluding hydrogens is 266 g/mol. The first-order valence-electron chi connectivity index (χ1n) is 7.86. The summed E-state index contributed by atoms with van der Waals surface area (Å²) in [6, 6.07) is 1.94. The molecule has 0 saturated carbocycles. The van der Waals surface area contributed by atoms with Gasteiger partial charge in [-0.15, -0.1) is 0 Å². The maximum atomic E-state index is 11.6. The van der Waals surface area contributed by atoms with Gasteiger partial charge in [0.05, 0.1) is 6.54 Å². The topological polar surface area (TPSA) is 71.5 Å². The van der Waals surface area contributed by atoms with Crippen LogP contribution in [0.2, 0.25) is 0 Å². The third kappa shape index (κ3) is 3.47. The predicted molar refractivity (Wildman–Crippen MR) is 82.6 cm³/mol. The van der Waals surface area contributed by atoms with Crippen LogP contribution in [0.3, 0.4) is 0 Å². The fraction of sp³-hybridized carbons (Fsp3) is 0.688. The Hall–Kier alpha value is -1.33. The van der Waals surface area contributed by atoms with Crippen molar-refractivity contribution < 1.29 is 9.21 Å². The molecule has 2 rings (SSSR count). The highest BCUT2D eigenvalue weighted by molar-refractivity contribution is 5.92. The number of likely N-dealkylation sites (tertiary alicyclic amines) is 1. The van der Waals surface area contributed by atoms with Gasteiger partial charge in [-0.1, -0.05) is 26.7 Å². The Bertz CT molecular complexity index is 482. The smallest absolute Gasteiger partial charge is 0.301 e. The molecule has 5 heteroatoms. The van der Waals surface area contributed by atoms with E-state index in [0.29, 0.717) is 11.2 Å². The van der Waals surface area contributed by atoms with Crippen molar-refractivity contribution in [3.8, 4) is 0 Å². The lowest BCUT2D eigenvalue weighted by molar-refractivity contribution is 0.0841. The average Bonchev–Trinajstić information content (AvgIpc) is 2.88. The maximum absolute atomic E-state index is 11.6. The van der Waals surface area contributed by atoms with E-state index in [1.165, 1.54) is 25.7 Å². The molecule has 0 radical (unpaired) electrons. The minimum atomic E-state index is -0.367. The molecule has 3 N–H and O–H groups in total. The van der Waals surface area contributed by atoms with Gasteiger partial charge in [-0.3, -0.25) is 15.1 Å². The van der Waals surface area contributed by atoms with Crippen LogP contribution in [0.15, 0.2) is 10.5 Å². The molecule has 0 unspecified atom stereocenters. The van der Waals surface area contributed by atoms with Crippen LogP contribution in [0.1, 0.15) is 61.4 Å². The van der Waals surface area contributed by atoms with Crippen molar-refractivity contribution in [2.75, 3.05) is 13.1 Å². The van der Waals surface area contributed by atoms with Crippen molar-refractivity contribution in [2.45, 2.75) is 53.0 Å². The second-order valence-corrected chi connectivity index (χ2v) is 6.18. The summed E-state index contributed by atoms with van der Waals surface area (Å²) in [5.41, 5.74) is 3.48. The van der Waals surface area contributed by atoms with Crippen molar-refractivity contribution >= 4 is 5.91 Å². The second-order valence-electron chi connectivity index (χ2n) is 6.18. The molecule has 1 amide bonds. The van der Waals surface area contributed by atoms with Crippen LogP contribution in [0.25, 0.3) is 0 Å². The number of nitrogens with two attached hydrogens (primary N) is 1. The van der Waals surface area contributed by atoms with E-state index in [1.807, 2.05) is 13.0 Å². The Morgan fingerprint density at radius 3 is 2.52 bits per heavy atom. The van der Waals surface area contributed by atoms with Crippen LogP contribution in [0, 0.1) is 12.3 Å². The molecule has 0 aromatic carbocycles.